The fraction of sp³-hybridized carbons (Fsp3) is 0.333. The molecular formula is C24H27N5O3S. The van der Waals surface area contributed by atoms with Crippen LogP contribution in [-0.4, -0.2) is 41.0 Å². The van der Waals surface area contributed by atoms with Crippen molar-refractivity contribution in [3.05, 3.63) is 78.7 Å². The molecule has 3 aromatic rings. The summed E-state index contributed by atoms with van der Waals surface area (Å²) in [5.74, 6) is -0.459. The van der Waals surface area contributed by atoms with Crippen LogP contribution in [0.5, 0.6) is 0 Å². The first-order valence-electron chi connectivity index (χ1n) is 10.8. The molecule has 0 unspecified atom stereocenters. The van der Waals surface area contributed by atoms with E-state index in [0.29, 0.717) is 20.6 Å². The quantitative estimate of drug-likeness (QED) is 0.521. The minimum atomic E-state index is -0.614. The van der Waals surface area contributed by atoms with E-state index in [9.17, 15) is 9.59 Å². The highest BCUT2D eigenvalue weighted by atomic mass is 32.1. The summed E-state index contributed by atoms with van der Waals surface area (Å²) < 4.78 is 9.29. The molecule has 8 nitrogen and oxygen atoms in total. The van der Waals surface area contributed by atoms with Crippen LogP contribution >= 0.6 is 11.3 Å². The standard InChI is InChI=1S/C24H27N5O3S/c1-6-28-14-16(13-25-28)12-19-22(30)29-21(17-8-10-18(11-9-17)27(4)5)20(23(31)32-7-2)15(3)26-24(29)33-19/h8-14,21H,6-7H2,1-5H3/b19-12+/t21-/m0/s1. The number of fused-ring (bicyclic) bond motifs is 1. The summed E-state index contributed by atoms with van der Waals surface area (Å²) in [4.78, 5) is 33.7. The van der Waals surface area contributed by atoms with Crippen LogP contribution in [0.4, 0.5) is 5.69 Å². The normalized spacial score (nSPS) is 15.9. The Morgan fingerprint density at radius 3 is 2.58 bits per heavy atom. The molecule has 0 fully saturated rings. The summed E-state index contributed by atoms with van der Waals surface area (Å²) in [6, 6.07) is 7.23. The summed E-state index contributed by atoms with van der Waals surface area (Å²) in [6.45, 7) is 6.55. The van der Waals surface area contributed by atoms with E-state index in [1.54, 1.807) is 29.3 Å². The molecule has 2 aromatic heterocycles. The fourth-order valence-electron chi connectivity index (χ4n) is 3.84. The van der Waals surface area contributed by atoms with Crippen LogP contribution in [0.15, 0.2) is 57.7 Å². The number of aromatic nitrogens is 3. The van der Waals surface area contributed by atoms with Crippen molar-refractivity contribution in [3.63, 3.8) is 0 Å². The number of allylic oxidation sites excluding steroid dienone is 1. The molecule has 1 aromatic carbocycles. The molecular weight excluding hydrogens is 438 g/mol. The van der Waals surface area contributed by atoms with Crippen LogP contribution < -0.4 is 19.8 Å². The monoisotopic (exact) mass is 465 g/mol. The molecule has 1 atom stereocenters. The zero-order valence-corrected chi connectivity index (χ0v) is 20.2. The van der Waals surface area contributed by atoms with Gasteiger partial charge < -0.3 is 9.64 Å². The van der Waals surface area contributed by atoms with Gasteiger partial charge in [-0.15, -0.1) is 0 Å². The SMILES string of the molecule is CCOC(=O)C1=C(C)N=c2s/c(=C/c3cnn(CC)c3)c(=O)n2[C@H]1c1ccc(N(C)C)cc1. The maximum atomic E-state index is 13.6. The number of carbonyl (C=O) groups excluding carboxylic acids is 1. The number of carbonyl (C=O) groups is 1. The number of rotatable bonds is 6. The van der Waals surface area contributed by atoms with Gasteiger partial charge >= 0.3 is 5.97 Å². The summed E-state index contributed by atoms with van der Waals surface area (Å²) in [5, 5.41) is 4.28. The van der Waals surface area contributed by atoms with Crippen LogP contribution in [0.1, 0.15) is 37.9 Å². The van der Waals surface area contributed by atoms with Crippen LogP contribution in [0, 0.1) is 0 Å². The lowest BCUT2D eigenvalue weighted by Crippen LogP contribution is -2.39. The van der Waals surface area contributed by atoms with E-state index in [1.165, 1.54) is 11.3 Å². The maximum absolute atomic E-state index is 13.6. The van der Waals surface area contributed by atoms with Crippen LogP contribution in [0.3, 0.4) is 0 Å². The van der Waals surface area contributed by atoms with E-state index in [2.05, 4.69) is 10.1 Å². The van der Waals surface area contributed by atoms with Gasteiger partial charge in [0.25, 0.3) is 5.56 Å². The van der Waals surface area contributed by atoms with Crippen molar-refractivity contribution in [2.24, 2.45) is 4.99 Å². The van der Waals surface area contributed by atoms with Crippen LogP contribution in [0.2, 0.25) is 0 Å². The third-order valence-corrected chi connectivity index (χ3v) is 6.50. The second kappa shape index (κ2) is 9.19. The largest absolute Gasteiger partial charge is 0.463 e. The van der Waals surface area contributed by atoms with Crippen molar-refractivity contribution < 1.29 is 9.53 Å². The molecule has 172 valence electrons. The third-order valence-electron chi connectivity index (χ3n) is 5.52. The van der Waals surface area contributed by atoms with Crippen molar-refractivity contribution in [3.8, 4) is 0 Å². The molecule has 0 N–H and O–H groups in total. The number of nitrogens with zero attached hydrogens (tertiary/aromatic N) is 5. The predicted molar refractivity (Wildman–Crippen MR) is 129 cm³/mol. The zero-order chi connectivity index (χ0) is 23.7. The highest BCUT2D eigenvalue weighted by molar-refractivity contribution is 7.07. The highest BCUT2D eigenvalue weighted by Gasteiger charge is 2.33. The molecule has 0 spiro atoms. The first-order chi connectivity index (χ1) is 15.8. The van der Waals surface area contributed by atoms with E-state index in [1.807, 2.05) is 62.5 Å². The van der Waals surface area contributed by atoms with Gasteiger partial charge in [-0.05, 0) is 44.5 Å². The summed E-state index contributed by atoms with van der Waals surface area (Å²) in [7, 11) is 3.93. The lowest BCUT2D eigenvalue weighted by molar-refractivity contribution is -0.139. The Morgan fingerprint density at radius 1 is 1.24 bits per heavy atom. The van der Waals surface area contributed by atoms with E-state index in [4.69, 9.17) is 4.74 Å². The smallest absolute Gasteiger partial charge is 0.338 e. The first-order valence-corrected chi connectivity index (χ1v) is 11.6. The van der Waals surface area contributed by atoms with Crippen molar-refractivity contribution in [2.45, 2.75) is 33.4 Å². The van der Waals surface area contributed by atoms with Crippen molar-refractivity contribution in [1.29, 1.82) is 0 Å². The lowest BCUT2D eigenvalue weighted by atomic mass is 9.95. The number of ether oxygens (including phenoxy) is 1. The van der Waals surface area contributed by atoms with Gasteiger partial charge in [-0.1, -0.05) is 23.5 Å². The van der Waals surface area contributed by atoms with E-state index < -0.39 is 12.0 Å². The van der Waals surface area contributed by atoms with Gasteiger partial charge in [-0.3, -0.25) is 14.0 Å². The number of benzene rings is 1. The zero-order valence-electron chi connectivity index (χ0n) is 19.4. The average molecular weight is 466 g/mol. The molecule has 1 aliphatic heterocycles. The van der Waals surface area contributed by atoms with Gasteiger partial charge in [-0.25, -0.2) is 9.79 Å². The molecule has 0 saturated carbocycles. The predicted octanol–water partition coefficient (Wildman–Crippen LogP) is 2.08. The van der Waals surface area contributed by atoms with Gasteiger partial charge in [0.05, 0.1) is 34.6 Å². The Bertz CT molecular complexity index is 1390. The van der Waals surface area contributed by atoms with E-state index in [-0.39, 0.29) is 12.2 Å². The first kappa shape index (κ1) is 22.7. The maximum Gasteiger partial charge on any atom is 0.338 e. The van der Waals surface area contributed by atoms with Crippen molar-refractivity contribution in [2.75, 3.05) is 25.6 Å². The van der Waals surface area contributed by atoms with Crippen LogP contribution in [0.25, 0.3) is 6.08 Å². The molecule has 0 saturated heterocycles. The molecule has 9 heteroatoms. The second-order valence-electron chi connectivity index (χ2n) is 7.92. The highest BCUT2D eigenvalue weighted by Crippen LogP contribution is 2.31. The molecule has 3 heterocycles. The van der Waals surface area contributed by atoms with Gasteiger partial charge in [0.1, 0.15) is 0 Å². The summed E-state index contributed by atoms with van der Waals surface area (Å²) >= 11 is 1.31. The van der Waals surface area contributed by atoms with Gasteiger partial charge in [0, 0.05) is 38.1 Å². The number of aryl methyl sites for hydroxylation is 1. The third kappa shape index (κ3) is 4.28. The van der Waals surface area contributed by atoms with Crippen LogP contribution in [-0.2, 0) is 16.1 Å². The fourth-order valence-corrected chi connectivity index (χ4v) is 4.89. The average Bonchev–Trinajstić information content (AvgIpc) is 3.37. The number of anilines is 1. The van der Waals surface area contributed by atoms with Gasteiger partial charge in [0.2, 0.25) is 0 Å². The molecule has 0 amide bonds. The Kier molecular flexibility index (Phi) is 6.33. The number of hydrogen-bond acceptors (Lipinski definition) is 7. The molecule has 4 rings (SSSR count). The number of thiazole rings is 1. The van der Waals surface area contributed by atoms with E-state index in [0.717, 1.165) is 23.4 Å². The Balaban J connectivity index is 1.91. The Hall–Kier alpha value is -3.46. The summed E-state index contributed by atoms with van der Waals surface area (Å²) in [6.07, 6.45) is 5.44. The minimum Gasteiger partial charge on any atom is -0.463 e. The molecule has 1 aliphatic rings. The number of hydrogen-bond donors (Lipinski definition) is 0. The summed E-state index contributed by atoms with van der Waals surface area (Å²) in [5.41, 5.74) is 3.44. The Labute approximate surface area is 195 Å². The van der Waals surface area contributed by atoms with Gasteiger partial charge in [-0.2, -0.15) is 5.10 Å². The van der Waals surface area contributed by atoms with E-state index >= 15 is 0 Å². The van der Waals surface area contributed by atoms with Gasteiger partial charge in [0.15, 0.2) is 4.80 Å². The number of esters is 1. The van der Waals surface area contributed by atoms with Crippen molar-refractivity contribution >= 4 is 29.1 Å². The minimum absolute atomic E-state index is 0.195. The Morgan fingerprint density at radius 2 is 1.97 bits per heavy atom. The lowest BCUT2D eigenvalue weighted by Gasteiger charge is -2.25. The molecule has 0 aliphatic carbocycles. The van der Waals surface area contributed by atoms with Crippen molar-refractivity contribution in [1.82, 2.24) is 14.3 Å². The molecule has 33 heavy (non-hydrogen) atoms. The molecule has 0 bridgehead atoms. The topological polar surface area (TPSA) is 81.7 Å². The second-order valence-corrected chi connectivity index (χ2v) is 8.93. The molecule has 0 radical (unpaired) electrons.